The number of amides is 2. The van der Waals surface area contributed by atoms with Gasteiger partial charge in [-0.2, -0.15) is 0 Å². The predicted octanol–water partition coefficient (Wildman–Crippen LogP) is 1.69. The average molecular weight is 335 g/mol. The van der Waals surface area contributed by atoms with E-state index in [0.717, 1.165) is 0 Å². The van der Waals surface area contributed by atoms with Gasteiger partial charge in [-0.05, 0) is 24.0 Å². The number of aliphatic hydroxyl groups excluding tert-OH is 1. The van der Waals surface area contributed by atoms with E-state index in [4.69, 9.17) is 4.42 Å². The lowest BCUT2D eigenvalue weighted by Crippen LogP contribution is -2.46. The minimum absolute atomic E-state index is 0.00367. The van der Waals surface area contributed by atoms with Gasteiger partial charge in [0.05, 0.1) is 18.2 Å². The minimum Gasteiger partial charge on any atom is -0.408 e. The molecule has 1 heterocycles. The van der Waals surface area contributed by atoms with Gasteiger partial charge in [0.25, 0.3) is 0 Å². The third kappa shape index (κ3) is 4.86. The monoisotopic (exact) mass is 335 g/mol. The van der Waals surface area contributed by atoms with Crippen molar-refractivity contribution >= 4 is 17.1 Å². The zero-order chi connectivity index (χ0) is 17.7. The number of fused-ring (bicyclic) bond motifs is 1. The van der Waals surface area contributed by atoms with Crippen molar-refractivity contribution < 1.29 is 14.3 Å². The molecule has 0 saturated carbocycles. The number of oxazole rings is 1. The minimum atomic E-state index is -0.445. The van der Waals surface area contributed by atoms with Crippen LogP contribution in [0.4, 0.5) is 4.79 Å². The third-order valence-corrected chi connectivity index (χ3v) is 3.61. The Morgan fingerprint density at radius 1 is 1.33 bits per heavy atom. The van der Waals surface area contributed by atoms with E-state index < -0.39 is 5.76 Å². The number of urea groups is 1. The van der Waals surface area contributed by atoms with Gasteiger partial charge in [-0.25, -0.2) is 9.59 Å². The Bertz CT molecular complexity index is 742. The summed E-state index contributed by atoms with van der Waals surface area (Å²) in [7, 11) is 0. The number of benzene rings is 1. The quantitative estimate of drug-likeness (QED) is 0.748. The van der Waals surface area contributed by atoms with E-state index in [0.29, 0.717) is 24.1 Å². The SMILES string of the molecule is CC(C)(C)CC(CO)NC(=O)NCCn1c(=O)oc2ccccc21. The van der Waals surface area contributed by atoms with Crippen molar-refractivity contribution in [3.63, 3.8) is 0 Å². The largest absolute Gasteiger partial charge is 0.420 e. The van der Waals surface area contributed by atoms with E-state index in [1.54, 1.807) is 18.2 Å². The van der Waals surface area contributed by atoms with Crippen molar-refractivity contribution in [2.24, 2.45) is 5.41 Å². The predicted molar refractivity (Wildman–Crippen MR) is 92.0 cm³/mol. The third-order valence-electron chi connectivity index (χ3n) is 3.61. The first-order chi connectivity index (χ1) is 11.3. The first-order valence-electron chi connectivity index (χ1n) is 8.04. The number of carbonyl (C=O) groups is 1. The number of para-hydroxylation sites is 2. The average Bonchev–Trinajstić information content (AvgIpc) is 2.81. The molecule has 2 aromatic rings. The summed E-state index contributed by atoms with van der Waals surface area (Å²) in [5, 5.41) is 14.8. The first kappa shape index (κ1) is 18.1. The Hall–Kier alpha value is -2.28. The summed E-state index contributed by atoms with van der Waals surface area (Å²) in [6.07, 6.45) is 0.669. The molecule has 1 aromatic carbocycles. The molecule has 0 saturated heterocycles. The van der Waals surface area contributed by atoms with Gasteiger partial charge in [-0.15, -0.1) is 0 Å². The van der Waals surface area contributed by atoms with Crippen molar-refractivity contribution in [2.45, 2.75) is 39.8 Å². The van der Waals surface area contributed by atoms with Crippen molar-refractivity contribution in [1.82, 2.24) is 15.2 Å². The van der Waals surface area contributed by atoms with E-state index in [-0.39, 0.29) is 30.6 Å². The standard InChI is InChI=1S/C17H25N3O4/c1-17(2,3)10-12(11-21)19-15(22)18-8-9-20-13-6-4-5-7-14(13)24-16(20)23/h4-7,12,21H,8-11H2,1-3H3,(H2,18,19,22). The van der Waals surface area contributed by atoms with Crippen LogP contribution in [0.25, 0.3) is 11.1 Å². The molecule has 3 N–H and O–H groups in total. The molecule has 0 spiro atoms. The number of rotatable bonds is 6. The van der Waals surface area contributed by atoms with Crippen molar-refractivity contribution in [1.29, 1.82) is 0 Å². The molecular formula is C17H25N3O4. The number of hydrogen-bond acceptors (Lipinski definition) is 4. The second-order valence-corrected chi connectivity index (χ2v) is 7.03. The van der Waals surface area contributed by atoms with E-state index in [1.165, 1.54) is 4.57 Å². The lowest BCUT2D eigenvalue weighted by atomic mass is 9.88. The maximum Gasteiger partial charge on any atom is 0.420 e. The summed E-state index contributed by atoms with van der Waals surface area (Å²) in [5.41, 5.74) is 1.23. The Labute approximate surface area is 140 Å². The molecule has 0 aliphatic carbocycles. The molecule has 0 fully saturated rings. The molecule has 0 aliphatic heterocycles. The second-order valence-electron chi connectivity index (χ2n) is 7.03. The molecule has 7 nitrogen and oxygen atoms in total. The van der Waals surface area contributed by atoms with E-state index >= 15 is 0 Å². The number of aromatic nitrogens is 1. The molecule has 1 aromatic heterocycles. The maximum atomic E-state index is 11.9. The molecule has 0 radical (unpaired) electrons. The smallest absolute Gasteiger partial charge is 0.408 e. The summed E-state index contributed by atoms with van der Waals surface area (Å²) >= 11 is 0. The van der Waals surface area contributed by atoms with Gasteiger partial charge in [-0.3, -0.25) is 4.57 Å². The Morgan fingerprint density at radius 3 is 2.71 bits per heavy atom. The number of nitrogens with zero attached hydrogens (tertiary/aromatic N) is 1. The van der Waals surface area contributed by atoms with Gasteiger partial charge < -0.3 is 20.2 Å². The summed E-state index contributed by atoms with van der Waals surface area (Å²) in [6, 6.07) is 6.48. The van der Waals surface area contributed by atoms with Gasteiger partial charge in [0, 0.05) is 13.1 Å². The van der Waals surface area contributed by atoms with Crippen LogP contribution < -0.4 is 16.4 Å². The summed E-state index contributed by atoms with van der Waals surface area (Å²) in [5.74, 6) is -0.445. The zero-order valence-corrected chi connectivity index (χ0v) is 14.3. The Kier molecular flexibility index (Phi) is 5.66. The van der Waals surface area contributed by atoms with Gasteiger partial charge in [-0.1, -0.05) is 32.9 Å². The first-order valence-corrected chi connectivity index (χ1v) is 8.04. The van der Waals surface area contributed by atoms with E-state index in [9.17, 15) is 14.7 Å². The molecule has 24 heavy (non-hydrogen) atoms. The molecule has 2 rings (SSSR count). The fraction of sp³-hybridized carbons (Fsp3) is 0.529. The number of aliphatic hydroxyl groups is 1. The summed E-state index contributed by atoms with van der Waals surface area (Å²) < 4.78 is 6.62. The van der Waals surface area contributed by atoms with Crippen molar-refractivity contribution in [3.8, 4) is 0 Å². The summed E-state index contributed by atoms with van der Waals surface area (Å²) in [6.45, 7) is 6.62. The fourth-order valence-electron chi connectivity index (χ4n) is 2.64. The zero-order valence-electron chi connectivity index (χ0n) is 14.3. The molecule has 0 bridgehead atoms. The van der Waals surface area contributed by atoms with Crippen LogP contribution in [0.1, 0.15) is 27.2 Å². The molecule has 1 atom stereocenters. The van der Waals surface area contributed by atoms with Crippen molar-refractivity contribution in [2.75, 3.05) is 13.2 Å². The van der Waals surface area contributed by atoms with Crippen LogP contribution in [0, 0.1) is 5.41 Å². The van der Waals surface area contributed by atoms with Crippen LogP contribution in [0.5, 0.6) is 0 Å². The highest BCUT2D eigenvalue weighted by Crippen LogP contribution is 2.20. The van der Waals surface area contributed by atoms with Crippen molar-refractivity contribution in [3.05, 3.63) is 34.8 Å². The molecule has 0 aliphatic rings. The molecule has 2 amide bonds. The topological polar surface area (TPSA) is 96.5 Å². The lowest BCUT2D eigenvalue weighted by molar-refractivity contribution is 0.191. The van der Waals surface area contributed by atoms with Crippen LogP contribution in [0.2, 0.25) is 0 Å². The van der Waals surface area contributed by atoms with Crippen LogP contribution >= 0.6 is 0 Å². The fourth-order valence-corrected chi connectivity index (χ4v) is 2.64. The van der Waals surface area contributed by atoms with Gasteiger partial charge in [0.2, 0.25) is 0 Å². The number of hydrogen-bond donors (Lipinski definition) is 3. The van der Waals surface area contributed by atoms with E-state index in [2.05, 4.69) is 10.6 Å². The Morgan fingerprint density at radius 2 is 2.04 bits per heavy atom. The second kappa shape index (κ2) is 7.53. The Balaban J connectivity index is 1.88. The van der Waals surface area contributed by atoms with Crippen LogP contribution in [0.3, 0.4) is 0 Å². The van der Waals surface area contributed by atoms with Gasteiger partial charge in [0.15, 0.2) is 5.58 Å². The van der Waals surface area contributed by atoms with Crippen LogP contribution in [-0.4, -0.2) is 34.9 Å². The molecule has 1 unspecified atom stereocenters. The van der Waals surface area contributed by atoms with Gasteiger partial charge >= 0.3 is 11.8 Å². The highest BCUT2D eigenvalue weighted by atomic mass is 16.4. The molecule has 132 valence electrons. The van der Waals surface area contributed by atoms with Gasteiger partial charge in [0.1, 0.15) is 0 Å². The summed E-state index contributed by atoms with van der Waals surface area (Å²) in [4.78, 5) is 23.8. The molecule has 7 heteroatoms. The number of carbonyl (C=O) groups excluding carboxylic acids is 1. The highest BCUT2D eigenvalue weighted by molar-refractivity contribution is 5.74. The maximum absolute atomic E-state index is 11.9. The lowest BCUT2D eigenvalue weighted by Gasteiger charge is -2.25. The van der Waals surface area contributed by atoms with Crippen LogP contribution in [0.15, 0.2) is 33.5 Å². The normalized spacial score (nSPS) is 13.0. The highest BCUT2D eigenvalue weighted by Gasteiger charge is 2.19. The number of nitrogens with one attached hydrogen (secondary N) is 2. The van der Waals surface area contributed by atoms with E-state index in [1.807, 2.05) is 26.8 Å². The molecular weight excluding hydrogens is 310 g/mol. The van der Waals surface area contributed by atoms with Crippen LogP contribution in [-0.2, 0) is 6.54 Å².